The molecule has 0 amide bonds. The predicted octanol–water partition coefficient (Wildman–Crippen LogP) is 2.39. The quantitative estimate of drug-likeness (QED) is 0.795. The van der Waals surface area contributed by atoms with Crippen LogP contribution < -0.4 is 10.1 Å². The van der Waals surface area contributed by atoms with Crippen LogP contribution >= 0.6 is 0 Å². The third-order valence-corrected chi connectivity index (χ3v) is 1.79. The lowest BCUT2D eigenvalue weighted by atomic mass is 10.1. The van der Waals surface area contributed by atoms with E-state index in [4.69, 9.17) is 10.00 Å². The molecule has 0 aliphatic heterocycles. The molecule has 0 spiro atoms. The molecule has 14 heavy (non-hydrogen) atoms. The van der Waals surface area contributed by atoms with E-state index in [0.717, 1.165) is 11.4 Å². The first-order chi connectivity index (χ1) is 6.67. The molecule has 0 fully saturated rings. The number of nitriles is 1. The van der Waals surface area contributed by atoms with Gasteiger partial charge in [-0.2, -0.15) is 5.26 Å². The van der Waals surface area contributed by atoms with Crippen molar-refractivity contribution in [2.75, 3.05) is 12.4 Å². The molecule has 3 heteroatoms. The molecule has 0 unspecified atom stereocenters. The van der Waals surface area contributed by atoms with Gasteiger partial charge in [-0.15, -0.1) is 0 Å². The zero-order chi connectivity index (χ0) is 10.6. The standard InChI is InChI=1S/C11H14N2O/c1-8(2)13-11-6-10(14-3)5-4-9(11)7-12/h4-6,8,13H,1-3H3. The Labute approximate surface area is 84.3 Å². The van der Waals surface area contributed by atoms with Gasteiger partial charge in [0.25, 0.3) is 0 Å². The first kappa shape index (κ1) is 10.4. The van der Waals surface area contributed by atoms with E-state index in [1.807, 2.05) is 19.9 Å². The first-order valence-corrected chi connectivity index (χ1v) is 4.52. The Morgan fingerprint density at radius 1 is 1.43 bits per heavy atom. The molecule has 1 aromatic rings. The average molecular weight is 190 g/mol. The van der Waals surface area contributed by atoms with Crippen LogP contribution in [0.3, 0.4) is 0 Å². The summed E-state index contributed by atoms with van der Waals surface area (Å²) in [6.07, 6.45) is 0. The summed E-state index contributed by atoms with van der Waals surface area (Å²) in [7, 11) is 1.61. The lowest BCUT2D eigenvalue weighted by Gasteiger charge is -2.12. The van der Waals surface area contributed by atoms with Crippen LogP contribution in [0.4, 0.5) is 5.69 Å². The van der Waals surface area contributed by atoms with Crippen LogP contribution in [0.5, 0.6) is 5.75 Å². The first-order valence-electron chi connectivity index (χ1n) is 4.52. The van der Waals surface area contributed by atoms with E-state index in [2.05, 4.69) is 11.4 Å². The number of methoxy groups -OCH3 is 1. The highest BCUT2D eigenvalue weighted by molar-refractivity contribution is 5.60. The van der Waals surface area contributed by atoms with E-state index < -0.39 is 0 Å². The van der Waals surface area contributed by atoms with E-state index >= 15 is 0 Å². The van der Waals surface area contributed by atoms with Gasteiger partial charge in [-0.1, -0.05) is 0 Å². The van der Waals surface area contributed by atoms with Crippen LogP contribution in [-0.2, 0) is 0 Å². The van der Waals surface area contributed by atoms with E-state index in [9.17, 15) is 0 Å². The molecule has 0 aliphatic rings. The van der Waals surface area contributed by atoms with Crippen molar-refractivity contribution >= 4 is 5.69 Å². The normalized spacial score (nSPS) is 9.64. The predicted molar refractivity (Wildman–Crippen MR) is 56.5 cm³/mol. The maximum Gasteiger partial charge on any atom is 0.121 e. The highest BCUT2D eigenvalue weighted by Gasteiger charge is 2.04. The Morgan fingerprint density at radius 2 is 2.14 bits per heavy atom. The molecular formula is C11H14N2O. The highest BCUT2D eigenvalue weighted by Crippen LogP contribution is 2.22. The van der Waals surface area contributed by atoms with Gasteiger partial charge >= 0.3 is 0 Å². The number of benzene rings is 1. The van der Waals surface area contributed by atoms with E-state index in [0.29, 0.717) is 11.6 Å². The van der Waals surface area contributed by atoms with Gasteiger partial charge in [0.15, 0.2) is 0 Å². The van der Waals surface area contributed by atoms with Crippen molar-refractivity contribution < 1.29 is 4.74 Å². The number of ether oxygens (including phenoxy) is 1. The smallest absolute Gasteiger partial charge is 0.121 e. The summed E-state index contributed by atoms with van der Waals surface area (Å²) < 4.78 is 5.09. The van der Waals surface area contributed by atoms with Crippen LogP contribution in [0.25, 0.3) is 0 Å². The zero-order valence-electron chi connectivity index (χ0n) is 8.66. The number of nitrogens with one attached hydrogen (secondary N) is 1. The van der Waals surface area contributed by atoms with Crippen molar-refractivity contribution in [1.29, 1.82) is 5.26 Å². The molecule has 0 aromatic heterocycles. The number of hydrogen-bond donors (Lipinski definition) is 1. The Hall–Kier alpha value is -1.69. The molecule has 0 heterocycles. The third-order valence-electron chi connectivity index (χ3n) is 1.79. The Bertz CT molecular complexity index is 353. The van der Waals surface area contributed by atoms with Crippen molar-refractivity contribution in [3.63, 3.8) is 0 Å². The summed E-state index contributed by atoms with van der Waals surface area (Å²) in [5.41, 5.74) is 1.46. The molecule has 0 saturated heterocycles. The SMILES string of the molecule is COc1ccc(C#N)c(NC(C)C)c1. The van der Waals surface area contributed by atoms with E-state index in [1.54, 1.807) is 19.2 Å². The summed E-state index contributed by atoms with van der Waals surface area (Å²) in [6, 6.07) is 7.80. The number of nitrogens with zero attached hydrogens (tertiary/aromatic N) is 1. The van der Waals surface area contributed by atoms with Crippen LogP contribution in [-0.4, -0.2) is 13.2 Å². The molecule has 1 aromatic carbocycles. The van der Waals surface area contributed by atoms with Crippen LogP contribution in [0.1, 0.15) is 19.4 Å². The van der Waals surface area contributed by atoms with Gasteiger partial charge < -0.3 is 10.1 Å². The molecule has 0 aliphatic carbocycles. The minimum Gasteiger partial charge on any atom is -0.497 e. The lowest BCUT2D eigenvalue weighted by Crippen LogP contribution is -2.10. The molecule has 0 saturated carbocycles. The minimum absolute atomic E-state index is 0.300. The molecule has 0 radical (unpaired) electrons. The van der Waals surface area contributed by atoms with Crippen LogP contribution in [0.2, 0.25) is 0 Å². The summed E-state index contributed by atoms with van der Waals surface area (Å²) in [6.45, 7) is 4.06. The van der Waals surface area contributed by atoms with Crippen molar-refractivity contribution in [3.8, 4) is 11.8 Å². The summed E-state index contributed by atoms with van der Waals surface area (Å²) in [5, 5.41) is 12.1. The molecule has 1 rings (SSSR count). The van der Waals surface area contributed by atoms with Gasteiger partial charge in [-0.05, 0) is 26.0 Å². The molecule has 3 nitrogen and oxygen atoms in total. The zero-order valence-corrected chi connectivity index (χ0v) is 8.66. The Balaban J connectivity index is 3.03. The second kappa shape index (κ2) is 4.52. The highest BCUT2D eigenvalue weighted by atomic mass is 16.5. The second-order valence-electron chi connectivity index (χ2n) is 3.32. The largest absolute Gasteiger partial charge is 0.497 e. The topological polar surface area (TPSA) is 45.0 Å². The minimum atomic E-state index is 0.300. The fourth-order valence-electron chi connectivity index (χ4n) is 1.18. The van der Waals surface area contributed by atoms with Gasteiger partial charge in [-0.3, -0.25) is 0 Å². The average Bonchev–Trinajstić information content (AvgIpc) is 2.16. The van der Waals surface area contributed by atoms with Gasteiger partial charge in [0.1, 0.15) is 11.8 Å². The monoisotopic (exact) mass is 190 g/mol. The van der Waals surface area contributed by atoms with Crippen molar-refractivity contribution in [2.45, 2.75) is 19.9 Å². The summed E-state index contributed by atoms with van der Waals surface area (Å²) in [5.74, 6) is 0.757. The summed E-state index contributed by atoms with van der Waals surface area (Å²) >= 11 is 0. The molecule has 0 atom stereocenters. The second-order valence-corrected chi connectivity index (χ2v) is 3.32. The molecule has 1 N–H and O–H groups in total. The van der Waals surface area contributed by atoms with Crippen molar-refractivity contribution in [2.24, 2.45) is 0 Å². The number of anilines is 1. The molecule has 74 valence electrons. The van der Waals surface area contributed by atoms with Crippen molar-refractivity contribution in [3.05, 3.63) is 23.8 Å². The van der Waals surface area contributed by atoms with Gasteiger partial charge in [0, 0.05) is 12.1 Å². The van der Waals surface area contributed by atoms with Crippen LogP contribution in [0, 0.1) is 11.3 Å². The summed E-state index contributed by atoms with van der Waals surface area (Å²) in [4.78, 5) is 0. The Morgan fingerprint density at radius 3 is 2.64 bits per heavy atom. The lowest BCUT2D eigenvalue weighted by molar-refractivity contribution is 0.415. The number of rotatable bonds is 3. The number of hydrogen-bond acceptors (Lipinski definition) is 3. The molecule has 0 bridgehead atoms. The maximum atomic E-state index is 8.86. The van der Waals surface area contributed by atoms with E-state index in [1.165, 1.54) is 0 Å². The van der Waals surface area contributed by atoms with Gasteiger partial charge in [0.2, 0.25) is 0 Å². The van der Waals surface area contributed by atoms with Gasteiger partial charge in [-0.25, -0.2) is 0 Å². The Kier molecular flexibility index (Phi) is 3.35. The fraction of sp³-hybridized carbons (Fsp3) is 0.364. The fourth-order valence-corrected chi connectivity index (χ4v) is 1.18. The molecular weight excluding hydrogens is 176 g/mol. The van der Waals surface area contributed by atoms with Gasteiger partial charge in [0.05, 0.1) is 18.4 Å². The van der Waals surface area contributed by atoms with Crippen molar-refractivity contribution in [1.82, 2.24) is 0 Å². The van der Waals surface area contributed by atoms with Crippen LogP contribution in [0.15, 0.2) is 18.2 Å². The third kappa shape index (κ3) is 2.40. The maximum absolute atomic E-state index is 8.86. The van der Waals surface area contributed by atoms with E-state index in [-0.39, 0.29) is 0 Å².